The average Bonchev–Trinajstić information content (AvgIpc) is 2.67. The fraction of sp³-hybridized carbons (Fsp3) is 0.619. The van der Waals surface area contributed by atoms with Gasteiger partial charge in [0.2, 0.25) is 11.8 Å². The highest BCUT2D eigenvalue weighted by Gasteiger charge is 2.30. The number of carbonyl (C=O) groups excluding carboxylic acids is 2. The number of para-hydroxylation sites is 2. The molecular weight excluding hydrogens is 328 g/mol. The van der Waals surface area contributed by atoms with Gasteiger partial charge in [0.15, 0.2) is 0 Å². The summed E-state index contributed by atoms with van der Waals surface area (Å²) >= 11 is 0. The van der Waals surface area contributed by atoms with Crippen molar-refractivity contribution in [3.05, 3.63) is 24.3 Å². The van der Waals surface area contributed by atoms with Crippen LogP contribution in [0.3, 0.4) is 0 Å². The molecule has 2 amide bonds. The molecule has 144 valence electrons. The molecule has 0 aliphatic heterocycles. The van der Waals surface area contributed by atoms with Gasteiger partial charge in [0.25, 0.3) is 0 Å². The largest absolute Gasteiger partial charge is 0.492 e. The second kappa shape index (κ2) is 10.8. The minimum atomic E-state index is -0.0335. The van der Waals surface area contributed by atoms with Crippen LogP contribution in [-0.2, 0) is 9.59 Å². The van der Waals surface area contributed by atoms with Crippen molar-refractivity contribution in [2.24, 2.45) is 11.8 Å². The van der Waals surface area contributed by atoms with E-state index in [4.69, 9.17) is 4.74 Å². The number of unbranched alkanes of at least 4 members (excludes halogenated alkanes) is 2. The van der Waals surface area contributed by atoms with Gasteiger partial charge in [0.05, 0.1) is 12.3 Å². The first kappa shape index (κ1) is 20.3. The third kappa shape index (κ3) is 6.04. The topological polar surface area (TPSA) is 67.4 Å². The highest BCUT2D eigenvalue weighted by atomic mass is 16.5. The van der Waals surface area contributed by atoms with Gasteiger partial charge >= 0.3 is 0 Å². The van der Waals surface area contributed by atoms with Crippen LogP contribution in [0.4, 0.5) is 5.69 Å². The monoisotopic (exact) mass is 360 g/mol. The summed E-state index contributed by atoms with van der Waals surface area (Å²) in [7, 11) is 0. The number of benzene rings is 1. The van der Waals surface area contributed by atoms with Crippen molar-refractivity contribution in [2.75, 3.05) is 18.5 Å². The summed E-state index contributed by atoms with van der Waals surface area (Å²) in [6, 6.07) is 7.50. The van der Waals surface area contributed by atoms with E-state index in [2.05, 4.69) is 17.6 Å². The minimum Gasteiger partial charge on any atom is -0.492 e. The number of hydrogen-bond donors (Lipinski definition) is 2. The second-order valence-electron chi connectivity index (χ2n) is 6.97. The zero-order valence-electron chi connectivity index (χ0n) is 16.1. The summed E-state index contributed by atoms with van der Waals surface area (Å²) < 4.78 is 5.56. The van der Waals surface area contributed by atoms with Gasteiger partial charge in [-0.3, -0.25) is 9.59 Å². The Balaban J connectivity index is 1.78. The van der Waals surface area contributed by atoms with Crippen LogP contribution in [0.25, 0.3) is 0 Å². The van der Waals surface area contributed by atoms with E-state index >= 15 is 0 Å². The lowest BCUT2D eigenvalue weighted by molar-refractivity contribution is -0.128. The Morgan fingerprint density at radius 3 is 2.31 bits per heavy atom. The van der Waals surface area contributed by atoms with E-state index in [1.165, 1.54) is 0 Å². The van der Waals surface area contributed by atoms with E-state index in [-0.39, 0.29) is 23.7 Å². The normalized spacial score (nSPS) is 19.6. The highest BCUT2D eigenvalue weighted by Crippen LogP contribution is 2.31. The van der Waals surface area contributed by atoms with Crippen LogP contribution in [0.2, 0.25) is 0 Å². The summed E-state index contributed by atoms with van der Waals surface area (Å²) in [6.07, 6.45) is 6.43. The Morgan fingerprint density at radius 2 is 1.65 bits per heavy atom. The standard InChI is InChI=1S/C21H32N2O3/c1-3-5-8-15-22-20(24)16-11-13-17(14-12-16)21(25)23-18-9-6-7-10-19(18)26-4-2/h6-7,9-10,16-17H,3-5,8,11-15H2,1-2H3,(H,22,24)(H,23,25). The molecule has 2 N–H and O–H groups in total. The van der Waals surface area contributed by atoms with Gasteiger partial charge in [-0.25, -0.2) is 0 Å². The molecule has 0 unspecified atom stereocenters. The highest BCUT2D eigenvalue weighted by molar-refractivity contribution is 5.94. The summed E-state index contributed by atoms with van der Waals surface area (Å²) in [4.78, 5) is 24.8. The van der Waals surface area contributed by atoms with Crippen molar-refractivity contribution in [3.8, 4) is 5.75 Å². The fourth-order valence-corrected chi connectivity index (χ4v) is 3.43. The molecule has 1 aliphatic rings. The molecule has 1 aliphatic carbocycles. The summed E-state index contributed by atoms with van der Waals surface area (Å²) in [5, 5.41) is 6.03. The van der Waals surface area contributed by atoms with Gasteiger partial charge in [-0.05, 0) is 51.2 Å². The number of nitrogens with one attached hydrogen (secondary N) is 2. The maximum absolute atomic E-state index is 12.6. The van der Waals surface area contributed by atoms with E-state index in [0.717, 1.165) is 57.2 Å². The van der Waals surface area contributed by atoms with Gasteiger partial charge in [0.1, 0.15) is 5.75 Å². The van der Waals surface area contributed by atoms with Gasteiger partial charge in [-0.1, -0.05) is 31.9 Å². The van der Waals surface area contributed by atoms with Gasteiger partial charge < -0.3 is 15.4 Å². The molecule has 1 aromatic carbocycles. The fourth-order valence-electron chi connectivity index (χ4n) is 3.43. The summed E-state index contributed by atoms with van der Waals surface area (Å²) in [5.74, 6) is 0.898. The van der Waals surface area contributed by atoms with E-state index in [0.29, 0.717) is 12.4 Å². The van der Waals surface area contributed by atoms with Crippen molar-refractivity contribution in [1.29, 1.82) is 0 Å². The predicted molar refractivity (Wildman–Crippen MR) is 104 cm³/mol. The van der Waals surface area contributed by atoms with Crippen LogP contribution in [0, 0.1) is 11.8 Å². The van der Waals surface area contributed by atoms with Crippen LogP contribution in [0.1, 0.15) is 58.8 Å². The molecule has 0 radical (unpaired) electrons. The maximum Gasteiger partial charge on any atom is 0.227 e. The lowest BCUT2D eigenvalue weighted by Gasteiger charge is -2.27. The average molecular weight is 360 g/mol. The van der Waals surface area contributed by atoms with Gasteiger partial charge in [-0.2, -0.15) is 0 Å². The molecule has 1 aromatic rings. The molecule has 0 aromatic heterocycles. The number of hydrogen-bond acceptors (Lipinski definition) is 3. The van der Waals surface area contributed by atoms with Crippen molar-refractivity contribution >= 4 is 17.5 Å². The maximum atomic E-state index is 12.6. The zero-order chi connectivity index (χ0) is 18.8. The van der Waals surface area contributed by atoms with Gasteiger partial charge in [0, 0.05) is 18.4 Å². The van der Waals surface area contributed by atoms with Crippen LogP contribution >= 0.6 is 0 Å². The van der Waals surface area contributed by atoms with Gasteiger partial charge in [-0.15, -0.1) is 0 Å². The summed E-state index contributed by atoms with van der Waals surface area (Å²) in [6.45, 7) is 5.40. The Morgan fingerprint density at radius 1 is 1.00 bits per heavy atom. The third-order valence-corrected chi connectivity index (χ3v) is 4.99. The Kier molecular flexibility index (Phi) is 8.45. The van der Waals surface area contributed by atoms with Crippen molar-refractivity contribution in [1.82, 2.24) is 5.32 Å². The number of anilines is 1. The van der Waals surface area contributed by atoms with E-state index < -0.39 is 0 Å². The van der Waals surface area contributed by atoms with Crippen LogP contribution in [0.15, 0.2) is 24.3 Å². The molecule has 0 saturated heterocycles. The number of carbonyl (C=O) groups is 2. The van der Waals surface area contributed by atoms with Crippen molar-refractivity contribution in [2.45, 2.75) is 58.8 Å². The molecule has 0 bridgehead atoms. The molecule has 5 heteroatoms. The van der Waals surface area contributed by atoms with E-state index in [9.17, 15) is 9.59 Å². The zero-order valence-corrected chi connectivity index (χ0v) is 16.1. The molecule has 0 atom stereocenters. The SMILES string of the molecule is CCCCCNC(=O)C1CCC(C(=O)Nc2ccccc2OCC)CC1. The van der Waals surface area contributed by atoms with Crippen molar-refractivity contribution in [3.63, 3.8) is 0 Å². The smallest absolute Gasteiger partial charge is 0.227 e. The minimum absolute atomic E-state index is 0.0268. The first-order valence-electron chi connectivity index (χ1n) is 9.96. The number of ether oxygens (including phenoxy) is 1. The quantitative estimate of drug-likeness (QED) is 0.651. The Hall–Kier alpha value is -2.04. The molecule has 2 rings (SSSR count). The first-order chi connectivity index (χ1) is 12.7. The summed E-state index contributed by atoms with van der Waals surface area (Å²) in [5.41, 5.74) is 0.718. The molecule has 26 heavy (non-hydrogen) atoms. The van der Waals surface area contributed by atoms with E-state index in [1.54, 1.807) is 0 Å². The molecule has 0 heterocycles. The first-order valence-corrected chi connectivity index (χ1v) is 9.96. The predicted octanol–water partition coefficient (Wildman–Crippen LogP) is 4.14. The molecular formula is C21H32N2O3. The second-order valence-corrected chi connectivity index (χ2v) is 6.97. The van der Waals surface area contributed by atoms with Crippen LogP contribution < -0.4 is 15.4 Å². The number of rotatable bonds is 9. The van der Waals surface area contributed by atoms with Crippen LogP contribution in [-0.4, -0.2) is 25.0 Å². The lowest BCUT2D eigenvalue weighted by atomic mass is 9.81. The molecule has 5 nitrogen and oxygen atoms in total. The molecule has 1 fully saturated rings. The number of amides is 2. The Bertz CT molecular complexity index is 580. The Labute approximate surface area is 156 Å². The van der Waals surface area contributed by atoms with Crippen molar-refractivity contribution < 1.29 is 14.3 Å². The molecule has 0 spiro atoms. The lowest BCUT2D eigenvalue weighted by Crippen LogP contribution is -2.36. The molecule has 1 saturated carbocycles. The van der Waals surface area contributed by atoms with E-state index in [1.807, 2.05) is 31.2 Å². The van der Waals surface area contributed by atoms with Crippen LogP contribution in [0.5, 0.6) is 5.75 Å². The third-order valence-electron chi connectivity index (χ3n) is 4.99.